The van der Waals surface area contributed by atoms with E-state index in [0.29, 0.717) is 19.4 Å². The molecule has 26 heavy (non-hydrogen) atoms. The molecule has 0 aliphatic carbocycles. The van der Waals surface area contributed by atoms with Gasteiger partial charge in [-0.25, -0.2) is 12.7 Å². The Bertz CT molecular complexity index is 960. The van der Waals surface area contributed by atoms with Gasteiger partial charge in [-0.15, -0.1) is 0 Å². The number of fused-ring (bicyclic) bond motifs is 2. The topological polar surface area (TPSA) is 66.9 Å². The maximum Gasteiger partial charge on any atom is 0.268 e. The molecule has 2 aliphatic heterocycles. The summed E-state index contributed by atoms with van der Waals surface area (Å²) >= 11 is 0. The highest BCUT2D eigenvalue weighted by Crippen LogP contribution is 2.34. The van der Waals surface area contributed by atoms with Gasteiger partial charge in [0.1, 0.15) is 5.75 Å². The minimum atomic E-state index is -3.48. The molecular weight excluding hydrogens is 352 g/mol. The molecule has 4 rings (SSSR count). The van der Waals surface area contributed by atoms with Crippen molar-refractivity contribution in [1.82, 2.24) is 4.31 Å². The van der Waals surface area contributed by atoms with Gasteiger partial charge in [-0.3, -0.25) is 4.79 Å². The van der Waals surface area contributed by atoms with E-state index in [9.17, 15) is 13.2 Å². The molecule has 6 nitrogen and oxygen atoms in total. The van der Waals surface area contributed by atoms with Crippen LogP contribution in [0.1, 0.15) is 11.1 Å². The van der Waals surface area contributed by atoms with Crippen LogP contribution in [0, 0.1) is 0 Å². The van der Waals surface area contributed by atoms with Gasteiger partial charge in [-0.05, 0) is 41.8 Å². The van der Waals surface area contributed by atoms with Crippen molar-refractivity contribution < 1.29 is 17.9 Å². The van der Waals surface area contributed by atoms with Gasteiger partial charge in [0.05, 0.1) is 4.90 Å². The van der Waals surface area contributed by atoms with Gasteiger partial charge in [0.15, 0.2) is 6.10 Å². The minimum Gasteiger partial charge on any atom is -0.480 e. The number of nitrogens with zero attached hydrogens (tertiary/aromatic N) is 2. The number of carbonyl (C=O) groups is 1. The SMILES string of the molecule is CN(C)S(=O)(=O)c1ccc2c(c1)CCN2C(=O)[C@H]1Cc2ccccc2O1. The Hall–Kier alpha value is -2.38. The van der Waals surface area contributed by atoms with E-state index in [1.54, 1.807) is 23.1 Å². The lowest BCUT2D eigenvalue weighted by Crippen LogP contribution is -2.40. The number of hydrogen-bond donors (Lipinski definition) is 0. The Morgan fingerprint density at radius 3 is 2.65 bits per heavy atom. The largest absolute Gasteiger partial charge is 0.480 e. The zero-order valence-corrected chi connectivity index (χ0v) is 15.5. The Kier molecular flexibility index (Phi) is 4.00. The molecule has 2 aromatic rings. The standard InChI is InChI=1S/C19H20N2O4S/c1-20(2)26(23,24)15-7-8-16-13(11-15)9-10-21(16)19(22)18-12-14-5-3-4-6-17(14)25-18/h3-8,11,18H,9-10,12H2,1-2H3/t18-/m1/s1. The molecule has 1 amide bonds. The third-order valence-corrected chi connectivity index (χ3v) is 6.72. The summed E-state index contributed by atoms with van der Waals surface area (Å²) in [7, 11) is -0.468. The van der Waals surface area contributed by atoms with Crippen LogP contribution >= 0.6 is 0 Å². The van der Waals surface area contributed by atoms with Crippen LogP contribution in [0.15, 0.2) is 47.4 Å². The monoisotopic (exact) mass is 372 g/mol. The van der Waals surface area contributed by atoms with E-state index in [0.717, 1.165) is 22.6 Å². The second-order valence-electron chi connectivity index (χ2n) is 6.74. The van der Waals surface area contributed by atoms with Crippen LogP contribution in [0.5, 0.6) is 5.75 Å². The summed E-state index contributed by atoms with van der Waals surface area (Å²) < 4.78 is 31.6. The maximum absolute atomic E-state index is 12.9. The van der Waals surface area contributed by atoms with E-state index in [2.05, 4.69) is 0 Å². The van der Waals surface area contributed by atoms with Crippen LogP contribution in [0.2, 0.25) is 0 Å². The molecule has 0 aromatic heterocycles. The van der Waals surface area contributed by atoms with E-state index >= 15 is 0 Å². The second-order valence-corrected chi connectivity index (χ2v) is 8.89. The zero-order chi connectivity index (χ0) is 18.5. The lowest BCUT2D eigenvalue weighted by Gasteiger charge is -2.21. The number of rotatable bonds is 3. The van der Waals surface area contributed by atoms with Gasteiger partial charge in [0, 0.05) is 32.7 Å². The third kappa shape index (κ3) is 2.68. The molecule has 136 valence electrons. The normalized spacial score (nSPS) is 18.6. The predicted molar refractivity (Wildman–Crippen MR) is 97.9 cm³/mol. The Balaban J connectivity index is 1.58. The number of ether oxygens (including phenoxy) is 1. The molecule has 2 heterocycles. The highest BCUT2D eigenvalue weighted by atomic mass is 32.2. The smallest absolute Gasteiger partial charge is 0.268 e. The van der Waals surface area contributed by atoms with E-state index in [1.807, 2.05) is 24.3 Å². The van der Waals surface area contributed by atoms with Crippen LogP contribution in [-0.4, -0.2) is 45.4 Å². The van der Waals surface area contributed by atoms with E-state index in [1.165, 1.54) is 18.4 Å². The van der Waals surface area contributed by atoms with Crippen molar-refractivity contribution in [2.45, 2.75) is 23.8 Å². The van der Waals surface area contributed by atoms with Gasteiger partial charge >= 0.3 is 0 Å². The fraction of sp³-hybridized carbons (Fsp3) is 0.316. The lowest BCUT2D eigenvalue weighted by atomic mass is 10.1. The number of benzene rings is 2. The molecule has 1 atom stereocenters. The van der Waals surface area contributed by atoms with Crippen molar-refractivity contribution in [2.24, 2.45) is 0 Å². The van der Waals surface area contributed by atoms with Crippen LogP contribution < -0.4 is 9.64 Å². The summed E-state index contributed by atoms with van der Waals surface area (Å²) in [4.78, 5) is 14.9. The van der Waals surface area contributed by atoms with Crippen molar-refractivity contribution in [1.29, 1.82) is 0 Å². The van der Waals surface area contributed by atoms with Crippen LogP contribution in [0.3, 0.4) is 0 Å². The Morgan fingerprint density at radius 1 is 1.15 bits per heavy atom. The number of para-hydroxylation sites is 1. The highest BCUT2D eigenvalue weighted by molar-refractivity contribution is 7.89. The number of amides is 1. The van der Waals surface area contributed by atoms with Crippen LogP contribution in [0.4, 0.5) is 5.69 Å². The average molecular weight is 372 g/mol. The second kappa shape index (κ2) is 6.10. The maximum atomic E-state index is 12.9. The molecule has 0 fully saturated rings. The molecule has 0 spiro atoms. The molecule has 7 heteroatoms. The first-order valence-electron chi connectivity index (χ1n) is 8.49. The molecule has 2 aromatic carbocycles. The van der Waals surface area contributed by atoms with E-state index in [4.69, 9.17) is 4.74 Å². The molecule has 0 bridgehead atoms. The summed E-state index contributed by atoms with van der Waals surface area (Å²) in [6.45, 7) is 0.538. The van der Waals surface area contributed by atoms with E-state index in [-0.39, 0.29) is 10.8 Å². The summed E-state index contributed by atoms with van der Waals surface area (Å²) in [5.41, 5.74) is 2.68. The van der Waals surface area contributed by atoms with Crippen molar-refractivity contribution in [3.05, 3.63) is 53.6 Å². The molecule has 0 saturated heterocycles. The molecule has 0 saturated carbocycles. The molecule has 0 N–H and O–H groups in total. The van der Waals surface area contributed by atoms with E-state index < -0.39 is 16.1 Å². The Morgan fingerprint density at radius 2 is 1.92 bits per heavy atom. The highest BCUT2D eigenvalue weighted by Gasteiger charge is 2.36. The summed E-state index contributed by atoms with van der Waals surface area (Å²) in [5, 5.41) is 0. The Labute approximate surface area is 153 Å². The first-order valence-corrected chi connectivity index (χ1v) is 9.93. The first-order chi connectivity index (χ1) is 12.4. The third-order valence-electron chi connectivity index (χ3n) is 4.91. The quantitative estimate of drug-likeness (QED) is 0.824. The minimum absolute atomic E-state index is 0.0804. The summed E-state index contributed by atoms with van der Waals surface area (Å²) in [5.74, 6) is 0.681. The molecule has 0 radical (unpaired) electrons. The molecular formula is C19H20N2O4S. The lowest BCUT2D eigenvalue weighted by molar-refractivity contribution is -0.124. The van der Waals surface area contributed by atoms with Gasteiger partial charge in [0.2, 0.25) is 10.0 Å². The van der Waals surface area contributed by atoms with Crippen LogP contribution in [0.25, 0.3) is 0 Å². The van der Waals surface area contributed by atoms with Crippen molar-refractivity contribution in [2.75, 3.05) is 25.5 Å². The predicted octanol–water partition coefficient (Wildman–Crippen LogP) is 1.83. The number of sulfonamides is 1. The number of hydrogen-bond acceptors (Lipinski definition) is 4. The zero-order valence-electron chi connectivity index (χ0n) is 14.7. The van der Waals surface area contributed by atoms with Crippen molar-refractivity contribution >= 4 is 21.6 Å². The average Bonchev–Trinajstić information content (AvgIpc) is 3.24. The van der Waals surface area contributed by atoms with Gasteiger partial charge < -0.3 is 9.64 Å². The summed E-state index contributed by atoms with van der Waals surface area (Å²) in [6, 6.07) is 12.6. The first kappa shape index (κ1) is 17.1. The molecule has 0 unspecified atom stereocenters. The van der Waals surface area contributed by atoms with Gasteiger partial charge in [-0.1, -0.05) is 18.2 Å². The van der Waals surface area contributed by atoms with Crippen LogP contribution in [-0.2, 0) is 27.7 Å². The number of anilines is 1. The van der Waals surface area contributed by atoms with Crippen molar-refractivity contribution in [3.8, 4) is 5.75 Å². The summed E-state index contributed by atoms with van der Waals surface area (Å²) in [6.07, 6.45) is 0.675. The van der Waals surface area contributed by atoms with Gasteiger partial charge in [0.25, 0.3) is 5.91 Å². The van der Waals surface area contributed by atoms with Crippen molar-refractivity contribution in [3.63, 3.8) is 0 Å². The van der Waals surface area contributed by atoms with Gasteiger partial charge in [-0.2, -0.15) is 0 Å². The number of carbonyl (C=O) groups excluding carboxylic acids is 1. The molecule has 2 aliphatic rings. The fourth-order valence-corrected chi connectivity index (χ4v) is 4.42. The fourth-order valence-electron chi connectivity index (χ4n) is 3.47.